The summed E-state index contributed by atoms with van der Waals surface area (Å²) in [6.07, 6.45) is 5.43. The van der Waals surface area contributed by atoms with Crippen molar-refractivity contribution in [1.82, 2.24) is 25.4 Å². The van der Waals surface area contributed by atoms with E-state index in [1.165, 1.54) is 0 Å². The Balaban J connectivity index is 1.11. The molecule has 1 N–H and O–H groups in total. The van der Waals surface area contributed by atoms with Gasteiger partial charge in [-0.25, -0.2) is 0 Å². The lowest BCUT2D eigenvalue weighted by Crippen LogP contribution is -2.50. The lowest BCUT2D eigenvalue weighted by Gasteiger charge is -2.46. The van der Waals surface area contributed by atoms with Gasteiger partial charge in [-0.15, -0.1) is 20.4 Å². The Kier molecular flexibility index (Phi) is 5.58. The zero-order chi connectivity index (χ0) is 23.8. The molecule has 0 bridgehead atoms. The molecule has 10 heteroatoms. The molecule has 1 fully saturated rings. The van der Waals surface area contributed by atoms with Crippen LogP contribution in [0.15, 0.2) is 59.3 Å². The van der Waals surface area contributed by atoms with Gasteiger partial charge in [-0.2, -0.15) is 0 Å². The predicted molar refractivity (Wildman–Crippen MR) is 128 cm³/mol. The van der Waals surface area contributed by atoms with Crippen molar-refractivity contribution < 1.29 is 14.3 Å². The number of benzene rings is 1. The van der Waals surface area contributed by atoms with Crippen LogP contribution in [0.3, 0.4) is 0 Å². The van der Waals surface area contributed by atoms with Gasteiger partial charge >= 0.3 is 0 Å². The molecule has 1 aromatic carbocycles. The lowest BCUT2D eigenvalue weighted by atomic mass is 9.81. The molecule has 0 amide bonds. The topological polar surface area (TPSA) is 110 Å². The molecule has 1 saturated heterocycles. The number of nitrogens with zero attached hydrogens (tertiary/aromatic N) is 6. The maximum atomic E-state index is 10.7. The Morgan fingerprint density at radius 1 is 1.03 bits per heavy atom. The van der Waals surface area contributed by atoms with Crippen molar-refractivity contribution in [2.45, 2.75) is 37.4 Å². The van der Waals surface area contributed by atoms with Gasteiger partial charge in [0.15, 0.2) is 5.82 Å². The van der Waals surface area contributed by atoms with E-state index in [1.807, 2.05) is 36.4 Å². The van der Waals surface area contributed by atoms with Crippen LogP contribution in [-0.4, -0.2) is 49.2 Å². The molecule has 1 unspecified atom stereocenters. The van der Waals surface area contributed by atoms with Crippen LogP contribution in [-0.2, 0) is 6.42 Å². The van der Waals surface area contributed by atoms with Crippen molar-refractivity contribution in [2.24, 2.45) is 0 Å². The first-order valence-electron chi connectivity index (χ1n) is 11.5. The number of rotatable bonds is 4. The highest BCUT2D eigenvalue weighted by Crippen LogP contribution is 2.46. The minimum Gasteiger partial charge on any atom is -0.487 e. The number of aliphatic hydroxyl groups excluding tert-OH is 1. The van der Waals surface area contributed by atoms with E-state index >= 15 is 0 Å². The fraction of sp³-hybridized carbons (Fsp3) is 0.320. The summed E-state index contributed by atoms with van der Waals surface area (Å²) >= 11 is 6.28. The molecule has 6 rings (SSSR count). The van der Waals surface area contributed by atoms with Crippen LogP contribution in [0.25, 0.3) is 11.6 Å². The molecular formula is C25H23ClN6O3. The minimum atomic E-state index is -0.629. The monoisotopic (exact) mass is 490 g/mol. The maximum absolute atomic E-state index is 10.7. The molecule has 9 nitrogen and oxygen atoms in total. The summed E-state index contributed by atoms with van der Waals surface area (Å²) in [4.78, 5) is 6.28. The van der Waals surface area contributed by atoms with Crippen molar-refractivity contribution in [3.05, 3.63) is 76.9 Å². The number of anilines is 1. The SMILES string of the molecule is OC1CC2(CCN(c3ccc(-c4nnc(Cc5cccnc5)o4)nn3)CC2)Oc2cccc(Cl)c21. The zero-order valence-corrected chi connectivity index (χ0v) is 19.6. The molecule has 1 spiro atoms. The van der Waals surface area contributed by atoms with Gasteiger partial charge in [-0.1, -0.05) is 23.7 Å². The van der Waals surface area contributed by atoms with E-state index in [9.17, 15) is 5.11 Å². The van der Waals surface area contributed by atoms with Crippen LogP contribution in [0.2, 0.25) is 5.02 Å². The zero-order valence-electron chi connectivity index (χ0n) is 18.8. The maximum Gasteiger partial charge on any atom is 0.268 e. The normalized spacial score (nSPS) is 18.8. The smallest absolute Gasteiger partial charge is 0.268 e. The molecule has 3 aromatic heterocycles. The third-order valence-electron chi connectivity index (χ3n) is 6.65. The second-order valence-corrected chi connectivity index (χ2v) is 9.37. The van der Waals surface area contributed by atoms with Gasteiger partial charge in [0.25, 0.3) is 5.89 Å². The van der Waals surface area contributed by atoms with Crippen molar-refractivity contribution >= 4 is 17.4 Å². The van der Waals surface area contributed by atoms with Crippen molar-refractivity contribution in [3.8, 4) is 17.3 Å². The summed E-state index contributed by atoms with van der Waals surface area (Å²) in [5.74, 6) is 2.29. The number of hydrogen-bond donors (Lipinski definition) is 1. The van der Waals surface area contributed by atoms with Crippen molar-refractivity contribution in [2.75, 3.05) is 18.0 Å². The first kappa shape index (κ1) is 21.9. The Morgan fingerprint density at radius 2 is 1.91 bits per heavy atom. The lowest BCUT2D eigenvalue weighted by molar-refractivity contribution is -0.0300. The standard InChI is InChI=1S/C25H23ClN6O3/c26-17-4-1-5-20-23(17)19(33)14-25(35-20)8-11-32(12-9-25)21-7-6-18(28-29-21)24-31-30-22(34-24)13-16-3-2-10-27-15-16/h1-7,10,15,19,33H,8-9,11-14H2. The minimum absolute atomic E-state index is 0.336. The second kappa shape index (κ2) is 8.90. The van der Waals surface area contributed by atoms with Gasteiger partial charge in [0.1, 0.15) is 17.0 Å². The van der Waals surface area contributed by atoms with E-state index in [0.29, 0.717) is 46.7 Å². The summed E-state index contributed by atoms with van der Waals surface area (Å²) in [6.45, 7) is 1.49. The third kappa shape index (κ3) is 4.33. The number of fused-ring (bicyclic) bond motifs is 1. The predicted octanol–water partition coefficient (Wildman–Crippen LogP) is 4.02. The first-order chi connectivity index (χ1) is 17.1. The fourth-order valence-electron chi connectivity index (χ4n) is 4.82. The van der Waals surface area contributed by atoms with Gasteiger partial charge in [0.2, 0.25) is 5.89 Å². The van der Waals surface area contributed by atoms with Crippen LogP contribution in [0, 0.1) is 0 Å². The molecule has 4 aromatic rings. The van der Waals surface area contributed by atoms with Crippen LogP contribution in [0.1, 0.15) is 42.4 Å². The average Bonchev–Trinajstić information content (AvgIpc) is 3.33. The van der Waals surface area contributed by atoms with E-state index < -0.39 is 11.7 Å². The molecule has 0 radical (unpaired) electrons. The summed E-state index contributed by atoms with van der Waals surface area (Å²) in [5.41, 5.74) is 1.80. The number of aromatic nitrogens is 5. The molecule has 178 valence electrons. The highest BCUT2D eigenvalue weighted by molar-refractivity contribution is 6.31. The number of ether oxygens (including phenoxy) is 1. The number of hydrogen-bond acceptors (Lipinski definition) is 9. The summed E-state index contributed by atoms with van der Waals surface area (Å²) in [7, 11) is 0. The molecule has 2 aliphatic heterocycles. The Morgan fingerprint density at radius 3 is 2.69 bits per heavy atom. The number of piperidine rings is 1. The van der Waals surface area contributed by atoms with Crippen molar-refractivity contribution in [3.63, 3.8) is 0 Å². The van der Waals surface area contributed by atoms with Crippen LogP contribution in [0.5, 0.6) is 5.75 Å². The summed E-state index contributed by atoms with van der Waals surface area (Å²) in [6, 6.07) is 13.1. The van der Waals surface area contributed by atoms with Crippen LogP contribution in [0.4, 0.5) is 5.82 Å². The van der Waals surface area contributed by atoms with Gasteiger partial charge in [0.05, 0.1) is 17.5 Å². The number of halogens is 1. The fourth-order valence-corrected chi connectivity index (χ4v) is 5.11. The molecule has 5 heterocycles. The molecule has 0 aliphatic carbocycles. The Labute approximate surface area is 206 Å². The van der Waals surface area contributed by atoms with Gasteiger partial charge < -0.3 is 19.2 Å². The molecule has 2 aliphatic rings. The molecule has 1 atom stereocenters. The second-order valence-electron chi connectivity index (χ2n) is 8.96. The molecular weight excluding hydrogens is 468 g/mol. The average molecular weight is 491 g/mol. The summed E-state index contributed by atoms with van der Waals surface area (Å²) < 4.78 is 12.1. The van der Waals surface area contributed by atoms with Crippen molar-refractivity contribution in [1.29, 1.82) is 0 Å². The Hall–Kier alpha value is -3.56. The van der Waals surface area contributed by atoms with E-state index in [-0.39, 0.29) is 0 Å². The molecule has 35 heavy (non-hydrogen) atoms. The van der Waals surface area contributed by atoms with E-state index in [2.05, 4.69) is 30.3 Å². The Bertz CT molecular complexity index is 1320. The van der Waals surface area contributed by atoms with Gasteiger partial charge in [-0.05, 0) is 35.9 Å². The van der Waals surface area contributed by atoms with Gasteiger partial charge in [0, 0.05) is 50.3 Å². The number of pyridine rings is 1. The highest BCUT2D eigenvalue weighted by Gasteiger charge is 2.43. The van der Waals surface area contributed by atoms with E-state index in [4.69, 9.17) is 20.8 Å². The van der Waals surface area contributed by atoms with Gasteiger partial charge in [-0.3, -0.25) is 4.98 Å². The number of aliphatic hydroxyl groups is 1. The first-order valence-corrected chi connectivity index (χ1v) is 11.9. The van der Waals surface area contributed by atoms with Crippen LogP contribution < -0.4 is 9.64 Å². The quantitative estimate of drug-likeness (QED) is 0.453. The van der Waals surface area contributed by atoms with Crippen LogP contribution >= 0.6 is 11.6 Å². The van der Waals surface area contributed by atoms with E-state index in [0.717, 1.165) is 37.3 Å². The summed E-state index contributed by atoms with van der Waals surface area (Å²) in [5, 5.41) is 28.2. The van der Waals surface area contributed by atoms with E-state index in [1.54, 1.807) is 18.5 Å². The largest absolute Gasteiger partial charge is 0.487 e. The molecule has 0 saturated carbocycles. The highest BCUT2D eigenvalue weighted by atomic mass is 35.5. The third-order valence-corrected chi connectivity index (χ3v) is 6.98.